The molecule has 2 aromatic heterocycles. The maximum absolute atomic E-state index is 13.0. The first kappa shape index (κ1) is 17.0. The second-order valence-corrected chi connectivity index (χ2v) is 5.93. The second kappa shape index (κ2) is 7.08. The van der Waals surface area contributed by atoms with Gasteiger partial charge >= 0.3 is 11.8 Å². The predicted octanol–water partition coefficient (Wildman–Crippen LogP) is 2.37. The molecule has 0 saturated carbocycles. The highest BCUT2D eigenvalue weighted by Crippen LogP contribution is 2.23. The first-order valence-electron chi connectivity index (χ1n) is 8.11. The highest BCUT2D eigenvalue weighted by molar-refractivity contribution is 5.61. The first-order chi connectivity index (χ1) is 13.1. The van der Waals surface area contributed by atoms with Gasteiger partial charge < -0.3 is 19.6 Å². The Morgan fingerprint density at radius 3 is 2.70 bits per heavy atom. The van der Waals surface area contributed by atoms with Crippen LogP contribution in [-0.4, -0.2) is 37.2 Å². The summed E-state index contributed by atoms with van der Waals surface area (Å²) in [5.74, 6) is -0.0700. The van der Waals surface area contributed by atoms with E-state index in [1.54, 1.807) is 29.1 Å². The minimum Gasteiger partial charge on any atom is -0.443 e. The third-order valence-electron chi connectivity index (χ3n) is 4.04. The van der Waals surface area contributed by atoms with Gasteiger partial charge in [-0.3, -0.25) is 4.57 Å². The number of ether oxygens (including phenoxy) is 2. The maximum Gasteiger partial charge on any atom is 0.414 e. The summed E-state index contributed by atoms with van der Waals surface area (Å²) in [5.41, 5.74) is 1.59. The number of nitrogens with zero attached hydrogens (tertiary/aromatic N) is 5. The summed E-state index contributed by atoms with van der Waals surface area (Å²) in [5, 5.41) is 10.8. The number of fused-ring (bicyclic) bond motifs is 1. The van der Waals surface area contributed by atoms with Crippen molar-refractivity contribution in [3.05, 3.63) is 64.6 Å². The lowest BCUT2D eigenvalue weighted by Crippen LogP contribution is -2.32. The third-order valence-corrected chi connectivity index (χ3v) is 4.04. The van der Waals surface area contributed by atoms with Crippen molar-refractivity contribution in [3.63, 3.8) is 0 Å². The first-order valence-corrected chi connectivity index (χ1v) is 8.11. The van der Waals surface area contributed by atoms with Crippen molar-refractivity contribution in [2.24, 2.45) is 0 Å². The van der Waals surface area contributed by atoms with Gasteiger partial charge in [-0.1, -0.05) is 12.1 Å². The smallest absolute Gasteiger partial charge is 0.414 e. The van der Waals surface area contributed by atoms with Gasteiger partial charge in [-0.05, 0) is 22.6 Å². The summed E-state index contributed by atoms with van der Waals surface area (Å²) >= 11 is 0. The molecule has 0 radical (unpaired) electrons. The van der Waals surface area contributed by atoms with Crippen LogP contribution >= 0.6 is 0 Å². The molecule has 1 aliphatic heterocycles. The molecule has 0 bridgehead atoms. The van der Waals surface area contributed by atoms with Crippen LogP contribution in [0.3, 0.4) is 0 Å². The zero-order valence-corrected chi connectivity index (χ0v) is 14.0. The lowest BCUT2D eigenvalue weighted by molar-refractivity contribution is -0.389. The van der Waals surface area contributed by atoms with E-state index in [1.807, 2.05) is 0 Å². The Kier molecular flexibility index (Phi) is 4.47. The number of rotatable bonds is 5. The van der Waals surface area contributed by atoms with Crippen LogP contribution in [0, 0.1) is 15.9 Å². The topological polar surface area (TPSA) is 105 Å². The average Bonchev–Trinajstić information content (AvgIpc) is 3.11. The number of benzene rings is 1. The summed E-state index contributed by atoms with van der Waals surface area (Å²) in [7, 11) is 0. The Morgan fingerprint density at radius 1 is 1.26 bits per heavy atom. The van der Waals surface area contributed by atoms with Crippen molar-refractivity contribution in [2.45, 2.75) is 19.3 Å². The molecule has 4 rings (SSSR count). The molecule has 0 fully saturated rings. The van der Waals surface area contributed by atoms with E-state index in [-0.39, 0.29) is 37.0 Å². The van der Waals surface area contributed by atoms with Gasteiger partial charge in [0, 0.05) is 22.9 Å². The standard InChI is InChI=1S/C17H14FN5O4/c18-13-3-1-11(2-4-13)12-5-19-15(20-6-12)10-26-14-7-22-8-16(23(24)25)21-17(22)27-9-14/h1-6,8,14H,7,9-10H2/t14-/m0/s1. The van der Waals surface area contributed by atoms with Gasteiger partial charge in [0.2, 0.25) is 0 Å². The summed E-state index contributed by atoms with van der Waals surface area (Å²) in [6, 6.07) is 6.28. The Bertz CT molecular complexity index is 958. The van der Waals surface area contributed by atoms with Gasteiger partial charge in [0.1, 0.15) is 31.3 Å². The summed E-state index contributed by atoms with van der Waals surface area (Å²) in [6.07, 6.45) is 4.31. The molecule has 1 aromatic carbocycles. The predicted molar refractivity (Wildman–Crippen MR) is 90.4 cm³/mol. The molecule has 10 heteroatoms. The molecule has 0 N–H and O–H groups in total. The van der Waals surface area contributed by atoms with E-state index < -0.39 is 4.92 Å². The zero-order valence-electron chi connectivity index (χ0n) is 14.0. The SMILES string of the molecule is O=[N+]([O-])c1cn2c(n1)OC[C@@H](OCc1ncc(-c3ccc(F)cc3)cn1)C2. The molecule has 0 aliphatic carbocycles. The van der Waals surface area contributed by atoms with E-state index in [2.05, 4.69) is 15.0 Å². The number of imidazole rings is 1. The van der Waals surface area contributed by atoms with Crippen LogP contribution in [0.2, 0.25) is 0 Å². The molecular formula is C17H14FN5O4. The highest BCUT2D eigenvalue weighted by atomic mass is 19.1. The zero-order chi connectivity index (χ0) is 18.8. The molecule has 9 nitrogen and oxygen atoms in total. The Hall–Kier alpha value is -3.40. The van der Waals surface area contributed by atoms with Crippen LogP contribution in [0.4, 0.5) is 10.2 Å². The van der Waals surface area contributed by atoms with E-state index in [9.17, 15) is 14.5 Å². The molecule has 0 saturated heterocycles. The van der Waals surface area contributed by atoms with E-state index in [4.69, 9.17) is 9.47 Å². The minimum atomic E-state index is -0.568. The van der Waals surface area contributed by atoms with Crippen LogP contribution in [0.15, 0.2) is 42.9 Å². The molecule has 3 heterocycles. The van der Waals surface area contributed by atoms with Crippen molar-refractivity contribution in [1.82, 2.24) is 19.5 Å². The molecular weight excluding hydrogens is 357 g/mol. The Labute approximate surface area is 152 Å². The van der Waals surface area contributed by atoms with E-state index in [0.717, 1.165) is 11.1 Å². The van der Waals surface area contributed by atoms with Crippen molar-refractivity contribution in [3.8, 4) is 17.1 Å². The van der Waals surface area contributed by atoms with Gasteiger partial charge in [-0.25, -0.2) is 14.4 Å². The molecule has 3 aromatic rings. The fourth-order valence-corrected chi connectivity index (χ4v) is 2.67. The Balaban J connectivity index is 1.36. The number of halogens is 1. The van der Waals surface area contributed by atoms with Gasteiger partial charge in [-0.2, -0.15) is 0 Å². The molecule has 138 valence electrons. The van der Waals surface area contributed by atoms with Gasteiger partial charge in [0.05, 0.1) is 6.54 Å². The molecule has 0 spiro atoms. The van der Waals surface area contributed by atoms with E-state index in [1.165, 1.54) is 18.3 Å². The number of hydrogen-bond donors (Lipinski definition) is 0. The second-order valence-electron chi connectivity index (χ2n) is 5.93. The molecule has 1 aliphatic rings. The van der Waals surface area contributed by atoms with E-state index in [0.29, 0.717) is 12.4 Å². The lowest BCUT2D eigenvalue weighted by Gasteiger charge is -2.21. The van der Waals surface area contributed by atoms with E-state index >= 15 is 0 Å². The van der Waals surface area contributed by atoms with Crippen molar-refractivity contribution in [2.75, 3.05) is 6.61 Å². The van der Waals surface area contributed by atoms with Crippen LogP contribution in [0.5, 0.6) is 6.01 Å². The maximum atomic E-state index is 13.0. The van der Waals surface area contributed by atoms with Crippen LogP contribution < -0.4 is 4.74 Å². The van der Waals surface area contributed by atoms with Crippen LogP contribution in [-0.2, 0) is 17.9 Å². The molecule has 0 unspecified atom stereocenters. The summed E-state index contributed by atoms with van der Waals surface area (Å²) in [6.45, 7) is 0.801. The summed E-state index contributed by atoms with van der Waals surface area (Å²) in [4.78, 5) is 22.5. The minimum absolute atomic E-state index is 0.170. The van der Waals surface area contributed by atoms with Crippen molar-refractivity contribution in [1.29, 1.82) is 0 Å². The van der Waals surface area contributed by atoms with Crippen molar-refractivity contribution < 1.29 is 18.8 Å². The number of nitro groups is 1. The average molecular weight is 371 g/mol. The molecule has 1 atom stereocenters. The van der Waals surface area contributed by atoms with Crippen molar-refractivity contribution >= 4 is 5.82 Å². The monoisotopic (exact) mass is 371 g/mol. The largest absolute Gasteiger partial charge is 0.443 e. The number of hydrogen-bond acceptors (Lipinski definition) is 7. The quantitative estimate of drug-likeness (QED) is 0.501. The Morgan fingerprint density at radius 2 is 2.00 bits per heavy atom. The fraction of sp³-hybridized carbons (Fsp3) is 0.235. The molecule has 27 heavy (non-hydrogen) atoms. The van der Waals surface area contributed by atoms with Crippen LogP contribution in [0.25, 0.3) is 11.1 Å². The van der Waals surface area contributed by atoms with Gasteiger partial charge in [-0.15, -0.1) is 0 Å². The lowest BCUT2D eigenvalue weighted by atomic mass is 10.1. The highest BCUT2D eigenvalue weighted by Gasteiger charge is 2.28. The molecule has 0 amide bonds. The van der Waals surface area contributed by atoms with Gasteiger partial charge in [0.25, 0.3) is 0 Å². The van der Waals surface area contributed by atoms with Gasteiger partial charge in [0.15, 0.2) is 5.82 Å². The van der Waals surface area contributed by atoms with Crippen LogP contribution in [0.1, 0.15) is 5.82 Å². The summed E-state index contributed by atoms with van der Waals surface area (Å²) < 4.78 is 25.7. The fourth-order valence-electron chi connectivity index (χ4n) is 2.67. The normalized spacial score (nSPS) is 15.8. The number of aromatic nitrogens is 4. The third kappa shape index (κ3) is 3.75.